The van der Waals surface area contributed by atoms with Gasteiger partial charge in [-0.3, -0.25) is 4.79 Å². The average molecular weight is 418 g/mol. The standard InChI is InChI=1S/C22H21F3N2O3/c1-4-29-20(28)21(2,3)19-27-26-18(30-19)17-8-6-5-7-15(17)13-14-9-11-16(12-10-14)22(23,24)25/h5-12H,4,13H2,1-3H3. The van der Waals surface area contributed by atoms with Gasteiger partial charge in [-0.05, 0) is 56.5 Å². The normalized spacial score (nSPS) is 12.1. The zero-order valence-electron chi connectivity index (χ0n) is 16.8. The maximum Gasteiger partial charge on any atom is 0.416 e. The van der Waals surface area contributed by atoms with Crippen LogP contribution in [0.4, 0.5) is 13.2 Å². The molecule has 30 heavy (non-hydrogen) atoms. The fourth-order valence-electron chi connectivity index (χ4n) is 2.90. The van der Waals surface area contributed by atoms with E-state index in [1.165, 1.54) is 12.1 Å². The lowest BCUT2D eigenvalue weighted by Gasteiger charge is -2.17. The molecule has 0 radical (unpaired) electrons. The predicted octanol–water partition coefficient (Wildman–Crippen LogP) is 5.19. The van der Waals surface area contributed by atoms with E-state index in [-0.39, 0.29) is 18.4 Å². The number of nitrogens with zero attached hydrogens (tertiary/aromatic N) is 2. The van der Waals surface area contributed by atoms with Crippen molar-refractivity contribution in [2.75, 3.05) is 6.61 Å². The molecule has 0 atom stereocenters. The van der Waals surface area contributed by atoms with E-state index in [9.17, 15) is 18.0 Å². The number of benzene rings is 2. The first kappa shape index (κ1) is 21.5. The summed E-state index contributed by atoms with van der Waals surface area (Å²) in [5.74, 6) is -0.122. The molecule has 0 spiro atoms. The number of carbonyl (C=O) groups is 1. The third-order valence-electron chi connectivity index (χ3n) is 4.67. The zero-order chi connectivity index (χ0) is 21.9. The summed E-state index contributed by atoms with van der Waals surface area (Å²) in [4.78, 5) is 12.2. The molecule has 0 aliphatic rings. The van der Waals surface area contributed by atoms with E-state index >= 15 is 0 Å². The van der Waals surface area contributed by atoms with E-state index in [4.69, 9.17) is 9.15 Å². The van der Waals surface area contributed by atoms with Crippen molar-refractivity contribution in [3.05, 3.63) is 71.1 Å². The van der Waals surface area contributed by atoms with Gasteiger partial charge in [0, 0.05) is 5.56 Å². The molecule has 0 aliphatic heterocycles. The second kappa shape index (κ2) is 8.30. The lowest BCUT2D eigenvalue weighted by atomic mass is 9.94. The highest BCUT2D eigenvalue weighted by molar-refractivity contribution is 5.80. The Morgan fingerprint density at radius 3 is 2.33 bits per heavy atom. The Morgan fingerprint density at radius 1 is 1.03 bits per heavy atom. The molecule has 0 saturated carbocycles. The number of ether oxygens (including phenoxy) is 1. The number of carbonyl (C=O) groups excluding carboxylic acids is 1. The maximum absolute atomic E-state index is 12.8. The average Bonchev–Trinajstić information content (AvgIpc) is 3.19. The number of aromatic nitrogens is 2. The van der Waals surface area contributed by atoms with Crippen molar-refractivity contribution in [2.45, 2.75) is 38.8 Å². The van der Waals surface area contributed by atoms with Crippen LogP contribution in [0.1, 0.15) is 43.4 Å². The van der Waals surface area contributed by atoms with E-state index in [1.807, 2.05) is 12.1 Å². The molecule has 1 aromatic heterocycles. The summed E-state index contributed by atoms with van der Waals surface area (Å²) in [6.07, 6.45) is -3.99. The minimum Gasteiger partial charge on any atom is -0.465 e. The Labute approximate surface area is 171 Å². The summed E-state index contributed by atoms with van der Waals surface area (Å²) in [5, 5.41) is 8.08. The molecule has 2 aromatic carbocycles. The van der Waals surface area contributed by atoms with Crippen molar-refractivity contribution in [3.8, 4) is 11.5 Å². The molecule has 0 fully saturated rings. The highest BCUT2D eigenvalue weighted by atomic mass is 19.4. The van der Waals surface area contributed by atoms with E-state index in [0.717, 1.165) is 17.7 Å². The topological polar surface area (TPSA) is 65.2 Å². The monoisotopic (exact) mass is 418 g/mol. The summed E-state index contributed by atoms with van der Waals surface area (Å²) in [6, 6.07) is 12.3. The van der Waals surface area contributed by atoms with E-state index in [2.05, 4.69) is 10.2 Å². The second-order valence-electron chi connectivity index (χ2n) is 7.29. The van der Waals surface area contributed by atoms with Gasteiger partial charge in [0.15, 0.2) is 0 Å². The highest BCUT2D eigenvalue weighted by Crippen LogP contribution is 2.31. The molecule has 3 aromatic rings. The van der Waals surface area contributed by atoms with Crippen LogP contribution in [0.3, 0.4) is 0 Å². The van der Waals surface area contributed by atoms with Crippen molar-refractivity contribution >= 4 is 5.97 Å². The molecule has 0 N–H and O–H groups in total. The molecule has 1 heterocycles. The van der Waals surface area contributed by atoms with Crippen molar-refractivity contribution in [1.82, 2.24) is 10.2 Å². The summed E-state index contributed by atoms with van der Waals surface area (Å²) in [5.41, 5.74) is 0.366. The van der Waals surface area contributed by atoms with Gasteiger partial charge >= 0.3 is 12.1 Å². The minimum atomic E-state index is -4.37. The Balaban J connectivity index is 1.88. The van der Waals surface area contributed by atoms with Crippen LogP contribution in [-0.2, 0) is 27.5 Å². The van der Waals surface area contributed by atoms with Crippen molar-refractivity contribution in [1.29, 1.82) is 0 Å². The third kappa shape index (κ3) is 4.53. The molecular formula is C22H21F3N2O3. The fourth-order valence-corrected chi connectivity index (χ4v) is 2.90. The Hall–Kier alpha value is -3.16. The maximum atomic E-state index is 12.8. The van der Waals surface area contributed by atoms with Crippen molar-refractivity contribution in [3.63, 3.8) is 0 Å². The van der Waals surface area contributed by atoms with Gasteiger partial charge in [0.1, 0.15) is 5.41 Å². The van der Waals surface area contributed by atoms with Crippen LogP contribution >= 0.6 is 0 Å². The first-order valence-electron chi connectivity index (χ1n) is 9.38. The van der Waals surface area contributed by atoms with Gasteiger partial charge in [0.05, 0.1) is 12.2 Å². The van der Waals surface area contributed by atoms with Gasteiger partial charge in [0.2, 0.25) is 11.8 Å². The lowest BCUT2D eigenvalue weighted by Crippen LogP contribution is -2.31. The molecule has 0 unspecified atom stereocenters. The molecule has 8 heteroatoms. The van der Waals surface area contributed by atoms with Crippen LogP contribution < -0.4 is 0 Å². The van der Waals surface area contributed by atoms with Crippen LogP contribution in [0.2, 0.25) is 0 Å². The first-order chi connectivity index (χ1) is 14.1. The number of alkyl halides is 3. The second-order valence-corrected chi connectivity index (χ2v) is 7.29. The minimum absolute atomic E-state index is 0.125. The number of esters is 1. The predicted molar refractivity (Wildman–Crippen MR) is 104 cm³/mol. The largest absolute Gasteiger partial charge is 0.465 e. The Bertz CT molecular complexity index is 1020. The summed E-state index contributed by atoms with van der Waals surface area (Å²) in [6.45, 7) is 5.22. The van der Waals surface area contributed by atoms with Gasteiger partial charge in [0.25, 0.3) is 0 Å². The number of hydrogen-bond acceptors (Lipinski definition) is 5. The summed E-state index contributed by atoms with van der Waals surface area (Å²) < 4.78 is 49.2. The van der Waals surface area contributed by atoms with Gasteiger partial charge < -0.3 is 9.15 Å². The molecule has 0 amide bonds. The van der Waals surface area contributed by atoms with Gasteiger partial charge in [-0.1, -0.05) is 30.3 Å². The smallest absolute Gasteiger partial charge is 0.416 e. The van der Waals surface area contributed by atoms with Crippen LogP contribution in [0, 0.1) is 0 Å². The zero-order valence-corrected chi connectivity index (χ0v) is 16.8. The van der Waals surface area contributed by atoms with Gasteiger partial charge in [-0.25, -0.2) is 0 Å². The number of hydrogen-bond donors (Lipinski definition) is 0. The molecule has 0 aliphatic carbocycles. The first-order valence-corrected chi connectivity index (χ1v) is 9.38. The van der Waals surface area contributed by atoms with Gasteiger partial charge in [-0.2, -0.15) is 13.2 Å². The summed E-state index contributed by atoms with van der Waals surface area (Å²) in [7, 11) is 0. The third-order valence-corrected chi connectivity index (χ3v) is 4.67. The van der Waals surface area contributed by atoms with Crippen LogP contribution in [0.5, 0.6) is 0 Å². The SMILES string of the molecule is CCOC(=O)C(C)(C)c1nnc(-c2ccccc2Cc2ccc(C(F)(F)F)cc2)o1. The highest BCUT2D eigenvalue weighted by Gasteiger charge is 2.37. The van der Waals surface area contributed by atoms with E-state index < -0.39 is 23.1 Å². The van der Waals surface area contributed by atoms with Crippen molar-refractivity contribution < 1.29 is 27.1 Å². The van der Waals surface area contributed by atoms with E-state index in [0.29, 0.717) is 17.5 Å². The van der Waals surface area contributed by atoms with Crippen LogP contribution in [0.25, 0.3) is 11.5 Å². The molecular weight excluding hydrogens is 397 g/mol. The van der Waals surface area contributed by atoms with Crippen LogP contribution in [-0.4, -0.2) is 22.8 Å². The Kier molecular flexibility index (Phi) is 5.96. The van der Waals surface area contributed by atoms with Crippen LogP contribution in [0.15, 0.2) is 52.9 Å². The molecule has 0 saturated heterocycles. The lowest BCUT2D eigenvalue weighted by molar-refractivity contribution is -0.149. The molecule has 0 bridgehead atoms. The number of halogens is 3. The van der Waals surface area contributed by atoms with Crippen molar-refractivity contribution in [2.24, 2.45) is 0 Å². The molecule has 5 nitrogen and oxygen atoms in total. The van der Waals surface area contributed by atoms with Gasteiger partial charge in [-0.15, -0.1) is 10.2 Å². The number of rotatable bonds is 6. The molecule has 3 rings (SSSR count). The quantitative estimate of drug-likeness (QED) is 0.516. The molecule has 158 valence electrons. The van der Waals surface area contributed by atoms with E-state index in [1.54, 1.807) is 32.9 Å². The fraction of sp³-hybridized carbons (Fsp3) is 0.318. The summed E-state index contributed by atoms with van der Waals surface area (Å²) >= 11 is 0. The Morgan fingerprint density at radius 2 is 1.70 bits per heavy atom.